The third-order valence-electron chi connectivity index (χ3n) is 6.76. The van der Waals surface area contributed by atoms with Crippen molar-refractivity contribution in [2.75, 3.05) is 38.9 Å². The predicted molar refractivity (Wildman–Crippen MR) is 127 cm³/mol. The number of benzene rings is 1. The third-order valence-corrected chi connectivity index (χ3v) is 7.04. The van der Waals surface area contributed by atoms with Crippen LogP contribution in [0.1, 0.15) is 23.6 Å². The van der Waals surface area contributed by atoms with Gasteiger partial charge in [-0.05, 0) is 30.5 Å². The molecule has 2 unspecified atom stereocenters. The average Bonchev–Trinajstić information content (AvgIpc) is 3.61. The lowest BCUT2D eigenvalue weighted by atomic mass is 10.1. The third kappa shape index (κ3) is 4.35. The van der Waals surface area contributed by atoms with E-state index >= 15 is 4.39 Å². The number of ether oxygens (including phenoxy) is 5. The first kappa shape index (κ1) is 23.7. The van der Waals surface area contributed by atoms with Gasteiger partial charge in [-0.1, -0.05) is 11.6 Å². The van der Waals surface area contributed by atoms with Crippen molar-refractivity contribution in [3.63, 3.8) is 0 Å². The van der Waals surface area contributed by atoms with Crippen LogP contribution in [0.5, 0.6) is 11.8 Å². The molecule has 1 aliphatic carbocycles. The molecule has 2 saturated heterocycles. The van der Waals surface area contributed by atoms with E-state index in [1.54, 1.807) is 13.2 Å². The van der Waals surface area contributed by atoms with Gasteiger partial charge in [0.05, 0.1) is 36.4 Å². The Bertz CT molecular complexity index is 1280. The molecule has 2 aromatic heterocycles. The number of methoxy groups -OCH3 is 1. The van der Waals surface area contributed by atoms with Gasteiger partial charge in [-0.15, -0.1) is 0 Å². The maximum absolute atomic E-state index is 15.0. The molecule has 4 heterocycles. The normalized spacial score (nSPS) is 26.8. The Morgan fingerprint density at radius 2 is 2.06 bits per heavy atom. The molecule has 36 heavy (non-hydrogen) atoms. The highest BCUT2D eigenvalue weighted by molar-refractivity contribution is 6.33. The largest absolute Gasteiger partial charge is 0.491 e. The van der Waals surface area contributed by atoms with E-state index in [2.05, 4.69) is 20.3 Å². The molecule has 12 heteroatoms. The summed E-state index contributed by atoms with van der Waals surface area (Å²) in [5.41, 5.74) is 2.48. The van der Waals surface area contributed by atoms with Crippen molar-refractivity contribution in [3.05, 3.63) is 40.2 Å². The molecule has 192 valence electrons. The van der Waals surface area contributed by atoms with E-state index < -0.39 is 18.3 Å². The fraction of sp³-hybridized carbons (Fsp3) is 0.500. The Labute approximate surface area is 211 Å². The summed E-state index contributed by atoms with van der Waals surface area (Å²) in [5, 5.41) is 13.6. The van der Waals surface area contributed by atoms with Crippen molar-refractivity contribution in [3.8, 4) is 11.8 Å². The van der Waals surface area contributed by atoms with Crippen LogP contribution in [0.15, 0.2) is 18.2 Å². The molecule has 0 bridgehead atoms. The summed E-state index contributed by atoms with van der Waals surface area (Å²) >= 11 is 6.51. The van der Waals surface area contributed by atoms with Crippen molar-refractivity contribution in [1.82, 2.24) is 15.0 Å². The molecular formula is C24H26ClFN4O6. The summed E-state index contributed by atoms with van der Waals surface area (Å²) < 4.78 is 42.7. The first-order valence-electron chi connectivity index (χ1n) is 11.8. The minimum absolute atomic E-state index is 0.217. The van der Waals surface area contributed by atoms with Gasteiger partial charge in [-0.25, -0.2) is 9.37 Å². The van der Waals surface area contributed by atoms with E-state index in [4.69, 9.17) is 35.3 Å². The number of H-pyrrole nitrogens is 1. The van der Waals surface area contributed by atoms with Gasteiger partial charge in [0.2, 0.25) is 0 Å². The number of aliphatic hydroxyl groups is 1. The average molecular weight is 521 g/mol. The van der Waals surface area contributed by atoms with Gasteiger partial charge in [0.1, 0.15) is 42.3 Å². The smallest absolute Gasteiger partial charge is 0.296 e. The van der Waals surface area contributed by atoms with Crippen LogP contribution in [0.2, 0.25) is 5.02 Å². The van der Waals surface area contributed by atoms with Gasteiger partial charge in [0.25, 0.3) is 6.01 Å². The van der Waals surface area contributed by atoms with Gasteiger partial charge in [0.15, 0.2) is 11.8 Å². The summed E-state index contributed by atoms with van der Waals surface area (Å²) in [6, 6.07) is 4.94. The number of pyridine rings is 1. The Kier molecular flexibility index (Phi) is 6.34. The number of aliphatic hydroxyl groups excluding tert-OH is 1. The molecule has 0 amide bonds. The lowest BCUT2D eigenvalue weighted by Gasteiger charge is -2.17. The van der Waals surface area contributed by atoms with Gasteiger partial charge in [-0.3, -0.25) is 0 Å². The Morgan fingerprint density at radius 1 is 1.19 bits per heavy atom. The maximum Gasteiger partial charge on any atom is 0.296 e. The molecule has 6 rings (SSSR count). The van der Waals surface area contributed by atoms with E-state index in [0.29, 0.717) is 59.4 Å². The second-order valence-electron chi connectivity index (χ2n) is 9.11. The maximum atomic E-state index is 15.0. The first-order chi connectivity index (χ1) is 17.5. The molecule has 3 aliphatic rings. The monoisotopic (exact) mass is 520 g/mol. The number of fused-ring (bicyclic) bond motifs is 3. The molecule has 10 nitrogen and oxygen atoms in total. The Balaban J connectivity index is 1.18. The lowest BCUT2D eigenvalue weighted by molar-refractivity contribution is 0.00706. The van der Waals surface area contributed by atoms with Crippen LogP contribution in [-0.2, 0) is 20.6 Å². The molecule has 3 N–H and O–H groups in total. The second-order valence-corrected chi connectivity index (χ2v) is 9.51. The number of aromatic nitrogens is 3. The summed E-state index contributed by atoms with van der Waals surface area (Å²) in [5.74, 6) is 0.562. The number of imidazole rings is 1. The molecule has 2 fully saturated rings. The van der Waals surface area contributed by atoms with Crippen molar-refractivity contribution >= 4 is 28.6 Å². The minimum atomic E-state index is -0.659. The fourth-order valence-corrected chi connectivity index (χ4v) is 5.27. The number of halogens is 2. The summed E-state index contributed by atoms with van der Waals surface area (Å²) in [6.07, 6.45) is -0.422. The summed E-state index contributed by atoms with van der Waals surface area (Å²) in [4.78, 5) is 12.0. The zero-order chi connectivity index (χ0) is 24.8. The first-order valence-corrected chi connectivity index (χ1v) is 12.2. The van der Waals surface area contributed by atoms with Crippen LogP contribution in [0.3, 0.4) is 0 Å². The molecular weight excluding hydrogens is 495 g/mol. The number of hydrogen-bond acceptors (Lipinski definition) is 9. The zero-order valence-corrected chi connectivity index (χ0v) is 20.3. The predicted octanol–water partition coefficient (Wildman–Crippen LogP) is 2.78. The van der Waals surface area contributed by atoms with E-state index in [-0.39, 0.29) is 37.2 Å². The van der Waals surface area contributed by atoms with Crippen LogP contribution in [-0.4, -0.2) is 78.0 Å². The molecule has 1 aromatic carbocycles. The van der Waals surface area contributed by atoms with E-state index in [1.165, 1.54) is 6.07 Å². The van der Waals surface area contributed by atoms with Crippen LogP contribution < -0.4 is 14.8 Å². The highest BCUT2D eigenvalue weighted by Gasteiger charge is 2.48. The zero-order valence-electron chi connectivity index (χ0n) is 19.5. The molecule has 0 spiro atoms. The molecule has 3 aromatic rings. The Morgan fingerprint density at radius 3 is 2.92 bits per heavy atom. The van der Waals surface area contributed by atoms with Crippen molar-refractivity contribution in [2.24, 2.45) is 0 Å². The van der Waals surface area contributed by atoms with Crippen LogP contribution >= 0.6 is 11.6 Å². The molecule has 0 saturated carbocycles. The molecule has 0 radical (unpaired) electrons. The number of nitrogens with one attached hydrogen (secondary N) is 2. The van der Waals surface area contributed by atoms with Crippen molar-refractivity contribution < 1.29 is 33.2 Å². The highest BCUT2D eigenvalue weighted by atomic mass is 35.5. The number of aryl methyl sites for hydroxylation is 1. The SMILES string of the molecule is COCCOc1cc(F)c2c(c1)CC[C@@H]2Nc1nc2nc(O[C@@H]3COC4C3OC[C@H]4O)[nH]c2cc1Cl. The minimum Gasteiger partial charge on any atom is -0.491 e. The quantitative estimate of drug-likeness (QED) is 0.385. The molecule has 2 aliphatic heterocycles. The van der Waals surface area contributed by atoms with E-state index in [0.717, 1.165) is 5.56 Å². The van der Waals surface area contributed by atoms with Crippen LogP contribution in [0.4, 0.5) is 10.2 Å². The second kappa shape index (κ2) is 9.64. The van der Waals surface area contributed by atoms with Gasteiger partial charge in [0, 0.05) is 18.7 Å². The van der Waals surface area contributed by atoms with Gasteiger partial charge < -0.3 is 39.1 Å². The van der Waals surface area contributed by atoms with Crippen molar-refractivity contribution in [2.45, 2.75) is 43.3 Å². The lowest BCUT2D eigenvalue weighted by Crippen LogP contribution is -2.34. The standard InChI is InChI=1S/C24H26ClFN4O6/c1-32-4-5-33-12-6-11-2-3-15(19(11)14(26)7-12)27-22-13(25)8-16-23(29-22)30-24(28-16)36-18-10-35-20-17(31)9-34-21(18)20/h6-8,15,17-18,20-21,31H,2-5,9-10H2,1H3,(H2,27,28,29,30)/t15-,17+,18+,20?,21?/m0/s1. The van der Waals surface area contributed by atoms with Gasteiger partial charge in [-0.2, -0.15) is 4.98 Å². The number of hydrogen-bond donors (Lipinski definition) is 3. The van der Waals surface area contributed by atoms with E-state index in [1.807, 2.05) is 6.07 Å². The number of aromatic amines is 1. The topological polar surface area (TPSA) is 120 Å². The molecule has 5 atom stereocenters. The summed E-state index contributed by atoms with van der Waals surface area (Å²) in [6.45, 7) is 1.29. The summed E-state index contributed by atoms with van der Waals surface area (Å²) in [7, 11) is 1.59. The fourth-order valence-electron chi connectivity index (χ4n) is 5.07. The Hall–Kier alpha value is -2.70. The number of anilines is 1. The van der Waals surface area contributed by atoms with Crippen LogP contribution in [0, 0.1) is 5.82 Å². The van der Waals surface area contributed by atoms with Gasteiger partial charge >= 0.3 is 0 Å². The highest BCUT2D eigenvalue weighted by Crippen LogP contribution is 2.39. The number of nitrogens with zero attached hydrogens (tertiary/aromatic N) is 2. The van der Waals surface area contributed by atoms with E-state index in [9.17, 15) is 5.11 Å². The number of rotatable bonds is 8. The van der Waals surface area contributed by atoms with Crippen molar-refractivity contribution in [1.29, 1.82) is 0 Å². The van der Waals surface area contributed by atoms with Crippen LogP contribution in [0.25, 0.3) is 11.2 Å².